The first-order valence-electron chi connectivity index (χ1n) is 9.54. The van der Waals surface area contributed by atoms with E-state index in [2.05, 4.69) is 47.8 Å². The van der Waals surface area contributed by atoms with E-state index in [4.69, 9.17) is 0 Å². The fourth-order valence-electron chi connectivity index (χ4n) is 5.35. The van der Waals surface area contributed by atoms with Gasteiger partial charge in [0.05, 0.1) is 11.8 Å². The van der Waals surface area contributed by atoms with Crippen LogP contribution in [0.1, 0.15) is 30.7 Å². The molecule has 1 aliphatic heterocycles. The average molecular weight is 336 g/mol. The molecule has 25 heavy (non-hydrogen) atoms. The molecule has 1 N–H and O–H groups in total. The lowest BCUT2D eigenvalue weighted by Gasteiger charge is -2.36. The Hall–Kier alpha value is -1.94. The summed E-state index contributed by atoms with van der Waals surface area (Å²) in [6.07, 6.45) is 7.59. The van der Waals surface area contributed by atoms with Crippen LogP contribution in [0.15, 0.2) is 42.5 Å². The Balaban J connectivity index is 1.11. The molecule has 2 amide bonds. The lowest BCUT2D eigenvalue weighted by Crippen LogP contribution is -2.45. The number of allylic oxidation sites excluding steroid dienone is 2. The second kappa shape index (κ2) is 5.80. The number of benzene rings is 1. The Morgan fingerprint density at radius 1 is 0.920 bits per heavy atom. The van der Waals surface area contributed by atoms with E-state index in [1.54, 1.807) is 0 Å². The summed E-state index contributed by atoms with van der Waals surface area (Å²) in [5.41, 5.74) is 1.42. The van der Waals surface area contributed by atoms with E-state index in [-0.39, 0.29) is 23.7 Å². The van der Waals surface area contributed by atoms with E-state index in [0.717, 1.165) is 19.3 Å². The summed E-state index contributed by atoms with van der Waals surface area (Å²) in [5, 5.41) is 3.53. The van der Waals surface area contributed by atoms with Crippen LogP contribution < -0.4 is 5.32 Å². The number of rotatable bonds is 5. The lowest BCUT2D eigenvalue weighted by molar-refractivity contribution is -0.140. The smallest absolute Gasteiger partial charge is 0.233 e. The quantitative estimate of drug-likeness (QED) is 0.663. The number of nitrogens with zero attached hydrogens (tertiary/aromatic N) is 1. The first-order valence-corrected chi connectivity index (χ1v) is 9.54. The van der Waals surface area contributed by atoms with Gasteiger partial charge >= 0.3 is 0 Å². The molecule has 1 aromatic rings. The maximum absolute atomic E-state index is 12.6. The summed E-state index contributed by atoms with van der Waals surface area (Å²) >= 11 is 0. The number of imide groups is 1. The Kier molecular flexibility index (Phi) is 3.56. The molecule has 3 fully saturated rings. The molecule has 130 valence electrons. The molecule has 0 spiro atoms. The van der Waals surface area contributed by atoms with Gasteiger partial charge in [-0.25, -0.2) is 0 Å². The summed E-state index contributed by atoms with van der Waals surface area (Å²) in [6.45, 7) is 1.24. The zero-order valence-corrected chi connectivity index (χ0v) is 14.3. The highest BCUT2D eigenvalue weighted by molar-refractivity contribution is 6.06. The van der Waals surface area contributed by atoms with Crippen molar-refractivity contribution in [1.82, 2.24) is 10.2 Å². The summed E-state index contributed by atoms with van der Waals surface area (Å²) < 4.78 is 0. The van der Waals surface area contributed by atoms with Crippen molar-refractivity contribution < 1.29 is 9.59 Å². The molecule has 5 rings (SSSR count). The van der Waals surface area contributed by atoms with Crippen LogP contribution in [0.3, 0.4) is 0 Å². The average Bonchev–Trinajstić information content (AvgIpc) is 3.26. The van der Waals surface area contributed by atoms with Crippen molar-refractivity contribution >= 4 is 11.8 Å². The predicted molar refractivity (Wildman–Crippen MR) is 94.6 cm³/mol. The number of carbonyl (C=O) groups is 2. The molecule has 3 aliphatic carbocycles. The fourth-order valence-corrected chi connectivity index (χ4v) is 5.35. The number of nitrogens with one attached hydrogen (secondary N) is 1. The van der Waals surface area contributed by atoms with E-state index in [0.29, 0.717) is 36.9 Å². The number of likely N-dealkylation sites (tertiary alicyclic amines) is 1. The molecule has 1 saturated heterocycles. The van der Waals surface area contributed by atoms with Crippen molar-refractivity contribution in [2.24, 2.45) is 23.7 Å². The molecular formula is C21H24N2O2. The molecule has 1 aromatic carbocycles. The molecule has 4 aliphatic rings. The summed E-state index contributed by atoms with van der Waals surface area (Å²) in [5.74, 6) is 1.29. The summed E-state index contributed by atoms with van der Waals surface area (Å²) in [4.78, 5) is 26.8. The zero-order chi connectivity index (χ0) is 17.0. The van der Waals surface area contributed by atoms with Crippen LogP contribution in [0.5, 0.6) is 0 Å². The minimum atomic E-state index is -0.0614. The van der Waals surface area contributed by atoms with Crippen molar-refractivity contribution in [3.8, 4) is 0 Å². The molecule has 4 unspecified atom stereocenters. The molecule has 0 aromatic heterocycles. The highest BCUT2D eigenvalue weighted by Crippen LogP contribution is 2.52. The molecule has 2 bridgehead atoms. The normalized spacial score (nSPS) is 38.3. The van der Waals surface area contributed by atoms with Gasteiger partial charge in [-0.05, 0) is 42.6 Å². The minimum absolute atomic E-state index is 0.0614. The third kappa shape index (κ3) is 2.38. The first kappa shape index (κ1) is 15.3. The maximum atomic E-state index is 12.6. The first-order chi connectivity index (χ1) is 12.2. The molecular weight excluding hydrogens is 312 g/mol. The number of carbonyl (C=O) groups excluding carboxylic acids is 2. The van der Waals surface area contributed by atoms with Crippen molar-refractivity contribution in [1.29, 1.82) is 0 Å². The number of fused-ring (bicyclic) bond motifs is 5. The SMILES string of the molecule is O=C1C2C3C=CC(C3)C2C(=O)N1CCNC1CC(c2ccccc2)C1. The molecule has 0 radical (unpaired) electrons. The van der Waals surface area contributed by atoms with Crippen LogP contribution >= 0.6 is 0 Å². The zero-order valence-electron chi connectivity index (χ0n) is 14.3. The summed E-state index contributed by atoms with van der Waals surface area (Å²) in [7, 11) is 0. The van der Waals surface area contributed by atoms with E-state index >= 15 is 0 Å². The van der Waals surface area contributed by atoms with Gasteiger partial charge in [0.1, 0.15) is 0 Å². The van der Waals surface area contributed by atoms with Crippen molar-refractivity contribution in [3.63, 3.8) is 0 Å². The predicted octanol–water partition coefficient (Wildman–Crippen LogP) is 2.33. The Bertz CT molecular complexity index is 693. The number of amides is 2. The fraction of sp³-hybridized carbons (Fsp3) is 0.524. The van der Waals surface area contributed by atoms with Gasteiger partial charge in [0.2, 0.25) is 11.8 Å². The van der Waals surface area contributed by atoms with Gasteiger partial charge in [0, 0.05) is 19.1 Å². The van der Waals surface area contributed by atoms with E-state index in [1.165, 1.54) is 10.5 Å². The van der Waals surface area contributed by atoms with Gasteiger partial charge in [-0.15, -0.1) is 0 Å². The molecule has 1 heterocycles. The number of hydrogen-bond donors (Lipinski definition) is 1. The van der Waals surface area contributed by atoms with Gasteiger partial charge in [-0.1, -0.05) is 42.5 Å². The third-order valence-electron chi connectivity index (χ3n) is 6.74. The van der Waals surface area contributed by atoms with Crippen molar-refractivity contribution in [3.05, 3.63) is 48.0 Å². The second-order valence-corrected chi connectivity index (χ2v) is 8.06. The number of hydrogen-bond acceptors (Lipinski definition) is 3. The molecule has 4 atom stereocenters. The van der Waals surface area contributed by atoms with Gasteiger partial charge in [-0.2, -0.15) is 0 Å². The third-order valence-corrected chi connectivity index (χ3v) is 6.74. The van der Waals surface area contributed by atoms with Gasteiger partial charge < -0.3 is 5.32 Å². The van der Waals surface area contributed by atoms with Crippen LogP contribution in [0, 0.1) is 23.7 Å². The monoisotopic (exact) mass is 336 g/mol. The topological polar surface area (TPSA) is 49.4 Å². The van der Waals surface area contributed by atoms with Gasteiger partial charge in [0.15, 0.2) is 0 Å². The Labute approximate surface area is 148 Å². The Morgan fingerprint density at radius 3 is 2.20 bits per heavy atom. The van der Waals surface area contributed by atoms with E-state index in [9.17, 15) is 9.59 Å². The summed E-state index contributed by atoms with van der Waals surface area (Å²) in [6, 6.07) is 11.2. The van der Waals surface area contributed by atoms with E-state index < -0.39 is 0 Å². The Morgan fingerprint density at radius 2 is 1.56 bits per heavy atom. The van der Waals surface area contributed by atoms with E-state index in [1.807, 2.05) is 0 Å². The largest absolute Gasteiger partial charge is 0.312 e. The van der Waals surface area contributed by atoms with Crippen LogP contribution in [-0.2, 0) is 9.59 Å². The maximum Gasteiger partial charge on any atom is 0.233 e. The van der Waals surface area contributed by atoms with Crippen LogP contribution in [0.4, 0.5) is 0 Å². The molecule has 4 nitrogen and oxygen atoms in total. The van der Waals surface area contributed by atoms with Crippen LogP contribution in [0.25, 0.3) is 0 Å². The second-order valence-electron chi connectivity index (χ2n) is 8.06. The van der Waals surface area contributed by atoms with Crippen molar-refractivity contribution in [2.75, 3.05) is 13.1 Å². The van der Waals surface area contributed by atoms with Crippen LogP contribution in [-0.4, -0.2) is 35.8 Å². The highest BCUT2D eigenvalue weighted by atomic mass is 16.2. The standard InChI is InChI=1S/C21H24N2O2/c24-20-18-14-6-7-15(10-14)19(18)21(25)23(20)9-8-22-17-11-16(12-17)13-4-2-1-3-5-13/h1-7,14-19,22H,8-12H2. The van der Waals surface area contributed by atoms with Gasteiger partial charge in [-0.3, -0.25) is 14.5 Å². The lowest BCUT2D eigenvalue weighted by atomic mass is 9.76. The highest BCUT2D eigenvalue weighted by Gasteiger charge is 2.58. The molecule has 2 saturated carbocycles. The minimum Gasteiger partial charge on any atom is -0.312 e. The van der Waals surface area contributed by atoms with Crippen LogP contribution in [0.2, 0.25) is 0 Å². The van der Waals surface area contributed by atoms with Crippen molar-refractivity contribution in [2.45, 2.75) is 31.2 Å². The molecule has 4 heteroatoms. The van der Waals surface area contributed by atoms with Gasteiger partial charge in [0.25, 0.3) is 0 Å².